The standard InChI is InChI=1S/C19H18BrFN4OS/c1-12(18(26)22-17-9-8-15(20)10-16(17)21)27-19-24-23-13(2)25(19)11-14-6-4-3-5-7-14/h3-10,12H,11H2,1-2H3,(H,22,26). The van der Waals surface area contributed by atoms with E-state index in [1.807, 2.05) is 41.8 Å². The van der Waals surface area contributed by atoms with Gasteiger partial charge in [0.2, 0.25) is 5.91 Å². The number of nitrogens with zero attached hydrogens (tertiary/aromatic N) is 3. The summed E-state index contributed by atoms with van der Waals surface area (Å²) >= 11 is 4.49. The summed E-state index contributed by atoms with van der Waals surface area (Å²) in [5.74, 6) is -0.0148. The molecule has 140 valence electrons. The van der Waals surface area contributed by atoms with E-state index in [1.54, 1.807) is 13.0 Å². The Kier molecular flexibility index (Phi) is 6.28. The van der Waals surface area contributed by atoms with E-state index in [9.17, 15) is 9.18 Å². The van der Waals surface area contributed by atoms with Crippen LogP contribution in [-0.4, -0.2) is 25.9 Å². The molecule has 0 fully saturated rings. The van der Waals surface area contributed by atoms with Gasteiger partial charge in [-0.3, -0.25) is 4.79 Å². The smallest absolute Gasteiger partial charge is 0.237 e. The van der Waals surface area contributed by atoms with Gasteiger partial charge < -0.3 is 9.88 Å². The average molecular weight is 449 g/mol. The van der Waals surface area contributed by atoms with Crippen LogP contribution in [0.3, 0.4) is 0 Å². The number of halogens is 2. The number of hydrogen-bond acceptors (Lipinski definition) is 4. The van der Waals surface area contributed by atoms with Crippen LogP contribution in [0.2, 0.25) is 0 Å². The number of carbonyl (C=O) groups is 1. The van der Waals surface area contributed by atoms with E-state index in [-0.39, 0.29) is 11.6 Å². The predicted molar refractivity (Wildman–Crippen MR) is 108 cm³/mol. The molecule has 1 amide bonds. The molecule has 0 radical (unpaired) electrons. The lowest BCUT2D eigenvalue weighted by atomic mass is 10.2. The van der Waals surface area contributed by atoms with E-state index in [2.05, 4.69) is 31.4 Å². The van der Waals surface area contributed by atoms with Crippen LogP contribution >= 0.6 is 27.7 Å². The molecule has 0 aliphatic heterocycles. The van der Waals surface area contributed by atoms with E-state index in [4.69, 9.17) is 0 Å². The van der Waals surface area contributed by atoms with Crippen LogP contribution in [0.1, 0.15) is 18.3 Å². The van der Waals surface area contributed by atoms with Crippen molar-refractivity contribution in [2.45, 2.75) is 30.8 Å². The highest BCUT2D eigenvalue weighted by atomic mass is 79.9. The molecule has 3 rings (SSSR count). The molecule has 3 aromatic rings. The molecule has 1 unspecified atom stereocenters. The van der Waals surface area contributed by atoms with Gasteiger partial charge in [0.05, 0.1) is 17.5 Å². The van der Waals surface area contributed by atoms with Gasteiger partial charge in [-0.15, -0.1) is 10.2 Å². The van der Waals surface area contributed by atoms with Crippen molar-refractivity contribution in [3.8, 4) is 0 Å². The Morgan fingerprint density at radius 1 is 1.26 bits per heavy atom. The van der Waals surface area contributed by atoms with Crippen molar-refractivity contribution >= 4 is 39.3 Å². The molecule has 2 aromatic carbocycles. The highest BCUT2D eigenvalue weighted by molar-refractivity contribution is 9.10. The van der Waals surface area contributed by atoms with Crippen molar-refractivity contribution in [3.05, 3.63) is 70.2 Å². The van der Waals surface area contributed by atoms with Crippen molar-refractivity contribution in [2.75, 3.05) is 5.32 Å². The Labute approximate surface area is 169 Å². The normalized spacial score (nSPS) is 12.0. The van der Waals surface area contributed by atoms with Crippen molar-refractivity contribution in [1.82, 2.24) is 14.8 Å². The molecular weight excluding hydrogens is 431 g/mol. The maximum absolute atomic E-state index is 13.9. The van der Waals surface area contributed by atoms with E-state index in [0.29, 0.717) is 16.2 Å². The molecular formula is C19H18BrFN4OS. The SMILES string of the molecule is Cc1nnc(SC(C)C(=O)Nc2ccc(Br)cc2F)n1Cc1ccccc1. The van der Waals surface area contributed by atoms with E-state index in [1.165, 1.54) is 23.9 Å². The Balaban J connectivity index is 1.70. The number of carbonyl (C=O) groups excluding carboxylic acids is 1. The zero-order valence-corrected chi connectivity index (χ0v) is 17.2. The fourth-order valence-electron chi connectivity index (χ4n) is 2.43. The molecule has 8 heteroatoms. The van der Waals surface area contributed by atoms with E-state index < -0.39 is 11.1 Å². The summed E-state index contributed by atoms with van der Waals surface area (Å²) in [6, 6.07) is 14.5. The first-order chi connectivity index (χ1) is 12.9. The zero-order valence-electron chi connectivity index (χ0n) is 14.8. The molecule has 0 aliphatic carbocycles. The second-order valence-electron chi connectivity index (χ2n) is 5.98. The Bertz CT molecular complexity index is 948. The quantitative estimate of drug-likeness (QED) is 0.557. The first-order valence-electron chi connectivity index (χ1n) is 8.30. The van der Waals surface area contributed by atoms with Crippen LogP contribution in [-0.2, 0) is 11.3 Å². The minimum Gasteiger partial charge on any atom is -0.323 e. The minimum atomic E-state index is -0.488. The third kappa shape index (κ3) is 4.95. The monoisotopic (exact) mass is 448 g/mol. The second kappa shape index (κ2) is 8.67. The highest BCUT2D eigenvalue weighted by Crippen LogP contribution is 2.25. The van der Waals surface area contributed by atoms with Crippen LogP contribution < -0.4 is 5.32 Å². The number of aromatic nitrogens is 3. The van der Waals surface area contributed by atoms with Crippen LogP contribution in [0.15, 0.2) is 58.2 Å². The summed E-state index contributed by atoms with van der Waals surface area (Å²) in [6.07, 6.45) is 0. The number of nitrogens with one attached hydrogen (secondary N) is 1. The van der Waals surface area contributed by atoms with E-state index in [0.717, 1.165) is 11.4 Å². The molecule has 0 spiro atoms. The zero-order chi connectivity index (χ0) is 19.4. The van der Waals surface area contributed by atoms with Gasteiger partial charge in [-0.1, -0.05) is 58.0 Å². The Morgan fingerprint density at radius 2 is 2.00 bits per heavy atom. The minimum absolute atomic E-state index is 0.151. The van der Waals surface area contributed by atoms with Crippen molar-refractivity contribution in [3.63, 3.8) is 0 Å². The summed E-state index contributed by atoms with van der Waals surface area (Å²) < 4.78 is 16.5. The van der Waals surface area contributed by atoms with E-state index >= 15 is 0 Å². The van der Waals surface area contributed by atoms with Gasteiger partial charge in [0.25, 0.3) is 0 Å². The largest absolute Gasteiger partial charge is 0.323 e. The molecule has 1 aromatic heterocycles. The number of rotatable bonds is 6. The lowest BCUT2D eigenvalue weighted by Gasteiger charge is -2.14. The number of benzene rings is 2. The number of amides is 1. The maximum atomic E-state index is 13.9. The van der Waals surface area contributed by atoms with Crippen LogP contribution in [0, 0.1) is 12.7 Å². The van der Waals surface area contributed by atoms with Crippen LogP contribution in [0.25, 0.3) is 0 Å². The van der Waals surface area contributed by atoms with Gasteiger partial charge in [-0.25, -0.2) is 4.39 Å². The molecule has 5 nitrogen and oxygen atoms in total. The van der Waals surface area contributed by atoms with Gasteiger partial charge in [0.15, 0.2) is 5.16 Å². The summed E-state index contributed by atoms with van der Waals surface area (Å²) in [6.45, 7) is 4.26. The first kappa shape index (κ1) is 19.6. The summed E-state index contributed by atoms with van der Waals surface area (Å²) in [4.78, 5) is 12.5. The van der Waals surface area contributed by atoms with Crippen molar-refractivity contribution < 1.29 is 9.18 Å². The number of aryl methyl sites for hydroxylation is 1. The van der Waals surface area contributed by atoms with Gasteiger partial charge in [-0.2, -0.15) is 0 Å². The Hall–Kier alpha value is -2.19. The summed E-state index contributed by atoms with van der Waals surface area (Å²) in [5.41, 5.74) is 1.27. The van der Waals surface area contributed by atoms with Gasteiger partial charge in [0.1, 0.15) is 11.6 Å². The third-order valence-electron chi connectivity index (χ3n) is 3.93. The Morgan fingerprint density at radius 3 is 2.70 bits per heavy atom. The van der Waals surface area contributed by atoms with Crippen LogP contribution in [0.5, 0.6) is 0 Å². The number of thioether (sulfide) groups is 1. The third-order valence-corrected chi connectivity index (χ3v) is 5.50. The van der Waals surface area contributed by atoms with Gasteiger partial charge in [-0.05, 0) is 37.6 Å². The summed E-state index contributed by atoms with van der Waals surface area (Å²) in [5, 5.41) is 11.1. The van der Waals surface area contributed by atoms with Crippen LogP contribution in [0.4, 0.5) is 10.1 Å². The fraction of sp³-hybridized carbons (Fsp3) is 0.211. The lowest BCUT2D eigenvalue weighted by Crippen LogP contribution is -2.23. The molecule has 1 heterocycles. The first-order valence-corrected chi connectivity index (χ1v) is 9.97. The molecule has 0 saturated heterocycles. The second-order valence-corrected chi connectivity index (χ2v) is 8.20. The number of anilines is 1. The average Bonchev–Trinajstić information content (AvgIpc) is 2.98. The van der Waals surface area contributed by atoms with Gasteiger partial charge in [0, 0.05) is 4.47 Å². The van der Waals surface area contributed by atoms with Crippen molar-refractivity contribution in [1.29, 1.82) is 0 Å². The van der Waals surface area contributed by atoms with Crippen molar-refractivity contribution in [2.24, 2.45) is 0 Å². The topological polar surface area (TPSA) is 59.8 Å². The molecule has 27 heavy (non-hydrogen) atoms. The lowest BCUT2D eigenvalue weighted by molar-refractivity contribution is -0.115. The van der Waals surface area contributed by atoms with Gasteiger partial charge >= 0.3 is 0 Å². The highest BCUT2D eigenvalue weighted by Gasteiger charge is 2.20. The fourth-order valence-corrected chi connectivity index (χ4v) is 3.66. The maximum Gasteiger partial charge on any atom is 0.237 e. The molecule has 0 aliphatic rings. The molecule has 1 N–H and O–H groups in total. The summed E-state index contributed by atoms with van der Waals surface area (Å²) in [7, 11) is 0. The predicted octanol–water partition coefficient (Wildman–Crippen LogP) is 4.66. The molecule has 0 bridgehead atoms. The number of hydrogen-bond donors (Lipinski definition) is 1. The molecule has 1 atom stereocenters. The molecule has 0 saturated carbocycles.